The number of Topliss-reactive ketones (excluding diaryl/α,β-unsaturated/α-hetero) is 1. The third-order valence-electron chi connectivity index (χ3n) is 9.37. The molecule has 2 saturated heterocycles. The summed E-state index contributed by atoms with van der Waals surface area (Å²) in [4.78, 5) is 37.6. The van der Waals surface area contributed by atoms with E-state index < -0.39 is 40.5 Å². The number of cyclic esters (lactones) is 1. The molecule has 1 spiro atoms. The molecule has 0 unspecified atom stereocenters. The van der Waals surface area contributed by atoms with Gasteiger partial charge in [-0.2, -0.15) is 0 Å². The van der Waals surface area contributed by atoms with Crippen LogP contribution in [0, 0.1) is 40.4 Å². The average Bonchev–Trinajstić information content (AvgIpc) is 3.19. The number of hydrogen-bond acceptors (Lipinski definition) is 7. The molecule has 0 aromatic rings. The van der Waals surface area contributed by atoms with Gasteiger partial charge in [0.15, 0.2) is 11.6 Å². The van der Waals surface area contributed by atoms with Gasteiger partial charge in [0.25, 0.3) is 0 Å². The highest BCUT2D eigenvalue weighted by Gasteiger charge is 2.71. The van der Waals surface area contributed by atoms with Crippen molar-refractivity contribution in [2.45, 2.75) is 71.2 Å². The summed E-state index contributed by atoms with van der Waals surface area (Å²) in [5.74, 6) is -1.92. The van der Waals surface area contributed by atoms with Crippen LogP contribution in [0.25, 0.3) is 0 Å². The van der Waals surface area contributed by atoms with Crippen molar-refractivity contribution in [2.24, 2.45) is 40.4 Å². The lowest BCUT2D eigenvalue weighted by Crippen LogP contribution is -2.68. The maximum Gasteiger partial charge on any atom is 0.317 e. The Balaban J connectivity index is 1.66. The maximum atomic E-state index is 12.7. The van der Waals surface area contributed by atoms with Crippen LogP contribution in [0.1, 0.15) is 53.4 Å². The monoisotopic (exact) mass is 432 g/mol. The SMILES string of the molecule is CC(C)[C@@H]1[C@H](O)C[C@]2(C)OC3=CC(=O)[C@H]4C(=O)OC[C@H]4[C@@]3(C)C[C@H]2[C@@]12CCC(=O)[C@@H]2O. The van der Waals surface area contributed by atoms with Crippen molar-refractivity contribution in [2.75, 3.05) is 6.61 Å². The van der Waals surface area contributed by atoms with Crippen LogP contribution < -0.4 is 0 Å². The van der Waals surface area contributed by atoms with E-state index in [1.807, 2.05) is 27.7 Å². The van der Waals surface area contributed by atoms with Gasteiger partial charge in [0, 0.05) is 41.6 Å². The summed E-state index contributed by atoms with van der Waals surface area (Å²) >= 11 is 0. The van der Waals surface area contributed by atoms with Crippen molar-refractivity contribution in [3.05, 3.63) is 11.8 Å². The Kier molecular flexibility index (Phi) is 4.37. The van der Waals surface area contributed by atoms with Crippen molar-refractivity contribution in [3.8, 4) is 0 Å². The minimum absolute atomic E-state index is 0.0712. The minimum Gasteiger partial charge on any atom is -0.491 e. The standard InChI is InChI=1S/C24H32O7/c1-11(2)19-15(27)8-23(4)16(24(19)6-5-13(25)20(24)28)9-22(3)12-10-30-21(29)18(12)14(26)7-17(22)31-23/h7,11-12,15-16,18-20,27-28H,5-6,8-10H2,1-4H3/t12-,15-,16-,18+,19-,20+,22-,23+,24+/m1/s1. The highest BCUT2D eigenvalue weighted by Crippen LogP contribution is 2.68. The third-order valence-corrected chi connectivity index (χ3v) is 9.37. The van der Waals surface area contributed by atoms with Crippen LogP contribution >= 0.6 is 0 Å². The predicted octanol–water partition coefficient (Wildman–Crippen LogP) is 1.79. The van der Waals surface area contributed by atoms with E-state index in [9.17, 15) is 24.6 Å². The van der Waals surface area contributed by atoms with E-state index in [0.717, 1.165) is 0 Å². The van der Waals surface area contributed by atoms with Gasteiger partial charge in [-0.15, -0.1) is 0 Å². The fourth-order valence-electron chi connectivity index (χ4n) is 8.08. The summed E-state index contributed by atoms with van der Waals surface area (Å²) in [5, 5.41) is 22.5. The molecule has 0 bridgehead atoms. The Labute approximate surface area is 182 Å². The quantitative estimate of drug-likeness (QED) is 0.480. The molecule has 2 heterocycles. The number of esters is 1. The number of ketones is 2. The van der Waals surface area contributed by atoms with Gasteiger partial charge in [0.05, 0.1) is 12.7 Å². The molecule has 9 atom stereocenters. The van der Waals surface area contributed by atoms with Crippen molar-refractivity contribution in [1.82, 2.24) is 0 Å². The van der Waals surface area contributed by atoms with Crippen LogP contribution in [0.4, 0.5) is 0 Å². The van der Waals surface area contributed by atoms with Crippen LogP contribution in [-0.2, 0) is 23.9 Å². The molecule has 7 heteroatoms. The van der Waals surface area contributed by atoms with Gasteiger partial charge in [0.2, 0.25) is 0 Å². The molecule has 5 aliphatic rings. The van der Waals surface area contributed by atoms with E-state index in [1.54, 1.807) is 0 Å². The van der Waals surface area contributed by atoms with Crippen molar-refractivity contribution < 1.29 is 34.1 Å². The molecular formula is C24H32O7. The number of ether oxygens (including phenoxy) is 2. The Morgan fingerprint density at radius 1 is 1.13 bits per heavy atom. The summed E-state index contributed by atoms with van der Waals surface area (Å²) in [7, 11) is 0. The molecule has 2 saturated carbocycles. The second-order valence-electron chi connectivity index (χ2n) is 11.2. The van der Waals surface area contributed by atoms with Crippen molar-refractivity contribution in [3.63, 3.8) is 0 Å². The van der Waals surface area contributed by atoms with Crippen LogP contribution in [0.2, 0.25) is 0 Å². The van der Waals surface area contributed by atoms with Gasteiger partial charge >= 0.3 is 5.97 Å². The van der Waals surface area contributed by atoms with E-state index in [-0.39, 0.29) is 48.3 Å². The molecular weight excluding hydrogens is 400 g/mol. The number of fused-ring (bicyclic) bond motifs is 5. The zero-order valence-corrected chi connectivity index (χ0v) is 18.6. The Morgan fingerprint density at radius 2 is 1.84 bits per heavy atom. The zero-order chi connectivity index (χ0) is 22.5. The number of hydrogen-bond donors (Lipinski definition) is 2. The van der Waals surface area contributed by atoms with E-state index in [4.69, 9.17) is 9.47 Å². The van der Waals surface area contributed by atoms with Gasteiger partial charge in [0.1, 0.15) is 23.4 Å². The minimum atomic E-state index is -1.15. The van der Waals surface area contributed by atoms with Gasteiger partial charge < -0.3 is 19.7 Å². The smallest absolute Gasteiger partial charge is 0.317 e. The van der Waals surface area contributed by atoms with Crippen molar-refractivity contribution >= 4 is 17.5 Å². The predicted molar refractivity (Wildman–Crippen MR) is 108 cm³/mol. The second kappa shape index (κ2) is 6.41. The molecule has 2 aliphatic heterocycles. The number of rotatable bonds is 1. The molecule has 31 heavy (non-hydrogen) atoms. The molecule has 3 aliphatic carbocycles. The summed E-state index contributed by atoms with van der Waals surface area (Å²) in [5.41, 5.74) is -2.23. The first kappa shape index (κ1) is 21.1. The van der Waals surface area contributed by atoms with Gasteiger partial charge in [-0.05, 0) is 31.6 Å². The fourth-order valence-corrected chi connectivity index (χ4v) is 8.08. The summed E-state index contributed by atoms with van der Waals surface area (Å²) in [6, 6.07) is 0. The number of carbonyl (C=O) groups is 3. The first-order valence-corrected chi connectivity index (χ1v) is 11.5. The fraction of sp³-hybridized carbons (Fsp3) is 0.792. The second-order valence-corrected chi connectivity index (χ2v) is 11.2. The Bertz CT molecular complexity index is 892. The molecule has 5 rings (SSSR count). The third kappa shape index (κ3) is 2.50. The molecule has 7 nitrogen and oxygen atoms in total. The summed E-state index contributed by atoms with van der Waals surface area (Å²) in [6.07, 6.45) is 1.30. The molecule has 0 aromatic heterocycles. The average molecular weight is 433 g/mol. The van der Waals surface area contributed by atoms with Gasteiger partial charge in [-0.3, -0.25) is 14.4 Å². The zero-order valence-electron chi connectivity index (χ0n) is 18.6. The first-order chi connectivity index (χ1) is 14.5. The normalized spacial score (nSPS) is 51.2. The summed E-state index contributed by atoms with van der Waals surface area (Å²) < 4.78 is 11.8. The number of allylic oxidation sites excluding steroid dienone is 2. The van der Waals surface area contributed by atoms with Gasteiger partial charge in [-0.1, -0.05) is 20.8 Å². The molecule has 0 amide bonds. The van der Waals surface area contributed by atoms with Crippen molar-refractivity contribution in [1.29, 1.82) is 0 Å². The molecule has 2 N–H and O–H groups in total. The van der Waals surface area contributed by atoms with Crippen LogP contribution in [-0.4, -0.2) is 52.2 Å². The first-order valence-electron chi connectivity index (χ1n) is 11.5. The largest absolute Gasteiger partial charge is 0.491 e. The van der Waals surface area contributed by atoms with E-state index in [0.29, 0.717) is 25.0 Å². The van der Waals surface area contributed by atoms with E-state index >= 15 is 0 Å². The summed E-state index contributed by atoms with van der Waals surface area (Å²) in [6.45, 7) is 8.17. The lowest BCUT2D eigenvalue weighted by molar-refractivity contribution is -0.253. The number of aliphatic hydroxyl groups excluding tert-OH is 2. The number of aliphatic hydroxyl groups is 2. The molecule has 4 fully saturated rings. The Hall–Kier alpha value is -1.73. The van der Waals surface area contributed by atoms with Crippen LogP contribution in [0.5, 0.6) is 0 Å². The molecule has 0 aromatic carbocycles. The lowest BCUT2D eigenvalue weighted by atomic mass is 9.45. The van der Waals surface area contributed by atoms with Crippen LogP contribution in [0.15, 0.2) is 11.8 Å². The van der Waals surface area contributed by atoms with Crippen LogP contribution in [0.3, 0.4) is 0 Å². The topological polar surface area (TPSA) is 110 Å². The lowest BCUT2D eigenvalue weighted by Gasteiger charge is -2.64. The Morgan fingerprint density at radius 3 is 2.45 bits per heavy atom. The van der Waals surface area contributed by atoms with E-state index in [2.05, 4.69) is 0 Å². The highest BCUT2D eigenvalue weighted by molar-refractivity contribution is 6.07. The number of carbonyl (C=O) groups excluding carboxylic acids is 3. The van der Waals surface area contributed by atoms with E-state index in [1.165, 1.54) is 6.08 Å². The molecule has 170 valence electrons. The molecule has 0 radical (unpaired) electrons. The van der Waals surface area contributed by atoms with Gasteiger partial charge in [-0.25, -0.2) is 0 Å². The maximum absolute atomic E-state index is 12.7. The highest BCUT2D eigenvalue weighted by atomic mass is 16.5.